The van der Waals surface area contributed by atoms with Crippen molar-refractivity contribution in [3.05, 3.63) is 180 Å². The Morgan fingerprint density at radius 2 is 1.01 bits per heavy atom. The molecule has 1 aliphatic rings. The van der Waals surface area contributed by atoms with Crippen LogP contribution in [0, 0.1) is 24.7 Å². The van der Waals surface area contributed by atoms with Crippen molar-refractivity contribution in [3.8, 4) is 22.5 Å². The average Bonchev–Trinajstić information content (AvgIpc) is 3.99. The van der Waals surface area contributed by atoms with Crippen LogP contribution in [0.2, 0.25) is 0 Å². The summed E-state index contributed by atoms with van der Waals surface area (Å²) in [7, 11) is 4.11. The lowest BCUT2D eigenvalue weighted by Crippen LogP contribution is -2.31. The number of benzene rings is 8. The fourth-order valence-corrected chi connectivity index (χ4v) is 11.6. The predicted molar refractivity (Wildman–Crippen MR) is 298 cm³/mol. The Labute approximate surface area is 421 Å². The smallest absolute Gasteiger partial charge is 0.216 e. The highest BCUT2D eigenvalue weighted by molar-refractivity contribution is 6.26. The van der Waals surface area contributed by atoms with Crippen LogP contribution in [0.3, 0.4) is 0 Å². The summed E-state index contributed by atoms with van der Waals surface area (Å²) in [4.78, 5) is 0. The van der Waals surface area contributed by atoms with Crippen LogP contribution in [0.15, 0.2) is 167 Å². The van der Waals surface area contributed by atoms with Crippen molar-refractivity contribution >= 4 is 87.0 Å². The first-order valence-electron chi connectivity index (χ1n) is 26.9. The van der Waals surface area contributed by atoms with Gasteiger partial charge in [-0.2, -0.15) is 0 Å². The molecule has 13 rings (SSSR count). The number of pyridine rings is 2. The standard InChI is InChI=1S/C35H34NO.C32H30NO/c1-22-9-11-29-33-28-12-10-24-7-5-6-8-26(24)27(28)13-14-31(33)37-34(29)32(22)30-21-25(17-20-36(30)4)23-15-18-35(2,3)19-16-23;1-20-10-12-26-30-25-13-11-22-8-6-7-9-23(22)24(25)14-15-28(30)34-31(26)29(20)27-18-21(16-17-33(27)5)19-32(2,3)4/h5-14,17,20-21,23H,15-16,18-19H2,1-4H3;6-18H,19H2,1-5H3/q2*+1/i23D;19D2. The van der Waals surface area contributed by atoms with Gasteiger partial charge in [-0.3, -0.25) is 0 Å². The minimum atomic E-state index is -1.48. The maximum Gasteiger partial charge on any atom is 0.216 e. The molecule has 1 fully saturated rings. The van der Waals surface area contributed by atoms with Gasteiger partial charge in [0, 0.05) is 49.9 Å². The Morgan fingerprint density at radius 3 is 1.54 bits per heavy atom. The fourth-order valence-electron chi connectivity index (χ4n) is 11.6. The molecule has 4 nitrogen and oxygen atoms in total. The summed E-state index contributed by atoms with van der Waals surface area (Å²) >= 11 is 0. The summed E-state index contributed by atoms with van der Waals surface area (Å²) in [5.74, 6) is -0.536. The Bertz CT molecular complexity index is 4260. The molecule has 0 unspecified atom stereocenters. The van der Waals surface area contributed by atoms with Crippen molar-refractivity contribution in [1.29, 1.82) is 0 Å². The molecule has 0 atom stereocenters. The van der Waals surface area contributed by atoms with E-state index in [0.29, 0.717) is 11.0 Å². The first kappa shape index (κ1) is 41.5. The molecular formula is C67H64N2O2+2. The van der Waals surface area contributed by atoms with Crippen molar-refractivity contribution in [2.45, 2.75) is 86.4 Å². The molecule has 0 spiro atoms. The first-order valence-corrected chi connectivity index (χ1v) is 25.4. The van der Waals surface area contributed by atoms with Crippen molar-refractivity contribution in [2.24, 2.45) is 24.9 Å². The Morgan fingerprint density at radius 1 is 0.549 bits per heavy atom. The second kappa shape index (κ2) is 16.9. The molecule has 1 aliphatic carbocycles. The Kier molecular flexibility index (Phi) is 9.90. The van der Waals surface area contributed by atoms with Gasteiger partial charge in [0.1, 0.15) is 36.4 Å². The van der Waals surface area contributed by atoms with Crippen LogP contribution >= 0.6 is 0 Å². The van der Waals surface area contributed by atoms with Crippen LogP contribution < -0.4 is 9.13 Å². The minimum absolute atomic E-state index is 0.331. The number of fused-ring (bicyclic) bond motifs is 14. The lowest BCUT2D eigenvalue weighted by atomic mass is 9.71. The third kappa shape index (κ3) is 7.84. The van der Waals surface area contributed by atoms with E-state index in [1.165, 1.54) is 54.0 Å². The van der Waals surface area contributed by atoms with Crippen molar-refractivity contribution < 1.29 is 22.1 Å². The van der Waals surface area contributed by atoms with E-state index in [9.17, 15) is 1.37 Å². The number of hydrogen-bond donors (Lipinski definition) is 0. The number of aromatic nitrogens is 2. The SMILES string of the molecule is [2H]C([2H])(c1cc[n+](C)c(-c2c(C)ccc3c2oc2ccc4c5ccccc5ccc4c23)c1)C(C)(C)C.[2H]C1(c2cc[n+](C)c(-c3c(C)ccc4c3oc3ccc5c6ccccc6ccc5c34)c2)CCC(C)(C)CC1. The molecule has 8 aromatic carbocycles. The van der Waals surface area contributed by atoms with Crippen LogP contribution in [0.5, 0.6) is 0 Å². The van der Waals surface area contributed by atoms with Gasteiger partial charge in [0.25, 0.3) is 0 Å². The zero-order valence-electron chi connectivity index (χ0n) is 45.6. The van der Waals surface area contributed by atoms with E-state index in [4.69, 9.17) is 11.6 Å². The van der Waals surface area contributed by atoms with E-state index in [1.807, 2.05) is 46.1 Å². The van der Waals surface area contributed by atoms with E-state index in [1.54, 1.807) is 0 Å². The van der Waals surface area contributed by atoms with Gasteiger partial charge in [0.2, 0.25) is 11.4 Å². The van der Waals surface area contributed by atoms with E-state index in [0.717, 1.165) is 97.8 Å². The molecule has 4 heteroatoms. The van der Waals surface area contributed by atoms with Gasteiger partial charge in [0.15, 0.2) is 12.4 Å². The molecule has 4 aromatic heterocycles. The quantitative estimate of drug-likeness (QED) is 0.130. The molecule has 4 heterocycles. The second-order valence-electron chi connectivity index (χ2n) is 22.1. The molecule has 12 aromatic rings. The summed E-state index contributed by atoms with van der Waals surface area (Å²) in [6.45, 7) is 14.8. The Balaban J connectivity index is 0.000000150. The molecule has 0 saturated heterocycles. The van der Waals surface area contributed by atoms with Crippen molar-refractivity contribution in [1.82, 2.24) is 0 Å². The topological polar surface area (TPSA) is 34.0 Å². The highest BCUT2D eigenvalue weighted by Gasteiger charge is 2.30. The largest absolute Gasteiger partial charge is 0.455 e. The summed E-state index contributed by atoms with van der Waals surface area (Å²) in [6, 6.07) is 51.5. The maximum atomic E-state index is 9.40. The highest BCUT2D eigenvalue weighted by Crippen LogP contribution is 2.46. The zero-order valence-corrected chi connectivity index (χ0v) is 42.6. The second-order valence-corrected chi connectivity index (χ2v) is 22.1. The van der Waals surface area contributed by atoms with Crippen molar-refractivity contribution in [2.75, 3.05) is 0 Å². The van der Waals surface area contributed by atoms with Crippen molar-refractivity contribution in [3.63, 3.8) is 0 Å². The lowest BCUT2D eigenvalue weighted by Gasteiger charge is -2.34. The summed E-state index contributed by atoms with van der Waals surface area (Å²) in [5.41, 5.74) is 11.6. The number of hydrogen-bond acceptors (Lipinski definition) is 2. The molecule has 0 bridgehead atoms. The highest BCUT2D eigenvalue weighted by atomic mass is 16.3. The molecule has 0 N–H and O–H groups in total. The van der Waals surface area contributed by atoms with Gasteiger partial charge >= 0.3 is 0 Å². The zero-order chi connectivity index (χ0) is 51.6. The van der Waals surface area contributed by atoms with Crippen LogP contribution in [-0.2, 0) is 20.5 Å². The average molecular weight is 932 g/mol. The molecule has 352 valence electrons. The monoisotopic (exact) mass is 932 g/mol. The van der Waals surface area contributed by atoms with Gasteiger partial charge in [-0.25, -0.2) is 9.13 Å². The fraction of sp³-hybridized carbons (Fsp3) is 0.254. The number of furan rings is 2. The number of rotatable bonds is 4. The normalized spacial score (nSPS) is 15.7. The van der Waals surface area contributed by atoms with Crippen LogP contribution in [-0.4, -0.2) is 0 Å². The number of aryl methyl sites for hydroxylation is 4. The Hall–Kier alpha value is -7.30. The minimum Gasteiger partial charge on any atom is -0.455 e. The van der Waals surface area contributed by atoms with E-state index in [-0.39, 0.29) is 0 Å². The first-order chi connectivity index (χ1) is 35.3. The predicted octanol–water partition coefficient (Wildman–Crippen LogP) is 17.7. The van der Waals surface area contributed by atoms with Gasteiger partial charge in [-0.05, 0) is 140 Å². The van der Waals surface area contributed by atoms with E-state index >= 15 is 0 Å². The molecule has 0 aliphatic heterocycles. The molecule has 71 heavy (non-hydrogen) atoms. The van der Waals surface area contributed by atoms with E-state index in [2.05, 4.69) is 184 Å². The molecule has 0 amide bonds. The van der Waals surface area contributed by atoms with E-state index < -0.39 is 17.7 Å². The van der Waals surface area contributed by atoms with Gasteiger partial charge < -0.3 is 8.83 Å². The van der Waals surface area contributed by atoms with Crippen LogP contribution in [0.4, 0.5) is 0 Å². The molecular weight excluding hydrogens is 865 g/mol. The van der Waals surface area contributed by atoms with Gasteiger partial charge in [0.05, 0.1) is 11.1 Å². The van der Waals surface area contributed by atoms with Crippen LogP contribution in [0.25, 0.3) is 109 Å². The summed E-state index contributed by atoms with van der Waals surface area (Å²) in [5, 5.41) is 14.4. The summed E-state index contributed by atoms with van der Waals surface area (Å²) in [6.07, 6.45) is 6.59. The van der Waals surface area contributed by atoms with Gasteiger partial charge in [-0.15, -0.1) is 0 Å². The maximum absolute atomic E-state index is 9.40. The van der Waals surface area contributed by atoms with Crippen LogP contribution in [0.1, 0.15) is 92.6 Å². The van der Waals surface area contributed by atoms with Gasteiger partial charge in [-0.1, -0.05) is 144 Å². The summed E-state index contributed by atoms with van der Waals surface area (Å²) < 4.78 is 44.6. The molecule has 0 radical (unpaired) electrons. The molecule has 1 saturated carbocycles. The number of nitrogens with zero attached hydrogens (tertiary/aromatic N) is 2. The lowest BCUT2D eigenvalue weighted by molar-refractivity contribution is -0.660. The third-order valence-corrected chi connectivity index (χ3v) is 15.4. The third-order valence-electron chi connectivity index (χ3n) is 15.4.